The lowest BCUT2D eigenvalue weighted by atomic mass is 9.66. The number of ether oxygens (including phenoxy) is 1. The molecule has 0 radical (unpaired) electrons. The van der Waals surface area contributed by atoms with Gasteiger partial charge in [-0.25, -0.2) is 0 Å². The van der Waals surface area contributed by atoms with Crippen molar-refractivity contribution in [1.82, 2.24) is 0 Å². The minimum Gasteiger partial charge on any atom is -0.457 e. The zero-order chi connectivity index (χ0) is 34.2. The number of anilines is 3. The Morgan fingerprint density at radius 3 is 1.71 bits per heavy atom. The van der Waals surface area contributed by atoms with Crippen molar-refractivity contribution >= 4 is 39.0 Å². The Hall–Kier alpha value is -6.84. The van der Waals surface area contributed by atoms with Gasteiger partial charge >= 0.3 is 0 Å². The molecule has 0 saturated carbocycles. The lowest BCUT2D eigenvalue weighted by molar-refractivity contribution is 0.436. The Morgan fingerprint density at radius 2 is 0.923 bits per heavy atom. The van der Waals surface area contributed by atoms with Crippen molar-refractivity contribution in [3.8, 4) is 33.8 Å². The van der Waals surface area contributed by atoms with Crippen LogP contribution >= 0.6 is 0 Å². The quantitative estimate of drug-likeness (QED) is 0.187. The van der Waals surface area contributed by atoms with Crippen LogP contribution in [0.3, 0.4) is 0 Å². The number of benzene rings is 8. The first-order valence-electron chi connectivity index (χ1n) is 17.8. The molecule has 3 heteroatoms. The zero-order valence-electron chi connectivity index (χ0n) is 28.2. The Labute approximate surface area is 301 Å². The molecule has 0 saturated heterocycles. The first-order chi connectivity index (χ1) is 25.8. The summed E-state index contributed by atoms with van der Waals surface area (Å²) in [5.41, 5.74) is 14.0. The number of hydrogen-bond donors (Lipinski definition) is 0. The number of rotatable bonds is 4. The third-order valence-electron chi connectivity index (χ3n) is 10.9. The van der Waals surface area contributed by atoms with Crippen LogP contribution in [0.1, 0.15) is 22.3 Å². The van der Waals surface area contributed by atoms with Crippen LogP contribution in [0.4, 0.5) is 17.1 Å². The molecule has 0 unspecified atom stereocenters. The van der Waals surface area contributed by atoms with Gasteiger partial charge in [0.15, 0.2) is 0 Å². The van der Waals surface area contributed by atoms with E-state index in [0.717, 1.165) is 61.6 Å². The zero-order valence-corrected chi connectivity index (χ0v) is 28.2. The molecular weight excluding hydrogens is 635 g/mol. The summed E-state index contributed by atoms with van der Waals surface area (Å²) in [7, 11) is 0. The molecule has 0 N–H and O–H groups in total. The molecule has 3 nitrogen and oxygen atoms in total. The van der Waals surface area contributed by atoms with Crippen LogP contribution in [0.25, 0.3) is 44.2 Å². The van der Waals surface area contributed by atoms with E-state index in [-0.39, 0.29) is 0 Å². The van der Waals surface area contributed by atoms with Crippen molar-refractivity contribution in [3.63, 3.8) is 0 Å². The van der Waals surface area contributed by atoms with E-state index < -0.39 is 5.41 Å². The van der Waals surface area contributed by atoms with Crippen molar-refractivity contribution < 1.29 is 9.15 Å². The highest BCUT2D eigenvalue weighted by Crippen LogP contribution is 2.62. The van der Waals surface area contributed by atoms with Gasteiger partial charge in [0.2, 0.25) is 0 Å². The van der Waals surface area contributed by atoms with E-state index in [1.807, 2.05) is 12.1 Å². The number of hydrogen-bond acceptors (Lipinski definition) is 3. The second-order valence-electron chi connectivity index (χ2n) is 13.6. The molecule has 2 aliphatic rings. The first kappa shape index (κ1) is 28.9. The minimum absolute atomic E-state index is 0.509. The summed E-state index contributed by atoms with van der Waals surface area (Å²) < 4.78 is 13.3. The van der Waals surface area contributed by atoms with Crippen LogP contribution in [-0.4, -0.2) is 0 Å². The van der Waals surface area contributed by atoms with Gasteiger partial charge in [0.25, 0.3) is 0 Å². The molecule has 1 aliphatic carbocycles. The monoisotopic (exact) mass is 665 g/mol. The Bertz CT molecular complexity index is 2790. The Morgan fingerprint density at radius 1 is 0.365 bits per heavy atom. The standard InChI is InChI=1S/C49H31NO2/c1-2-12-32(13-3-1)33-22-24-34(25-23-33)50(35-26-28-40-39-16-6-10-20-45(39)51-47(40)30-35)36-27-29-44-48(31-36)52-46-21-11-9-19-43(46)49(44)41-17-7-4-14-37(41)38-15-5-8-18-42(38)49/h1-31H. The molecule has 11 rings (SSSR count). The highest BCUT2D eigenvalue weighted by Gasteiger charge is 2.51. The fourth-order valence-electron chi connectivity index (χ4n) is 8.72. The van der Waals surface area contributed by atoms with Gasteiger partial charge in [0.05, 0.1) is 5.41 Å². The SMILES string of the molecule is c1ccc(-c2ccc(N(c3ccc4c(c3)Oc3ccccc3C43c4ccccc4-c4ccccc43)c3ccc4c(c3)oc3ccccc34)cc2)cc1. The van der Waals surface area contributed by atoms with E-state index in [9.17, 15) is 0 Å². The third kappa shape index (κ3) is 4.08. The van der Waals surface area contributed by atoms with E-state index in [1.165, 1.54) is 33.4 Å². The maximum absolute atomic E-state index is 6.90. The maximum Gasteiger partial charge on any atom is 0.137 e. The number of fused-ring (bicyclic) bond motifs is 12. The van der Waals surface area contributed by atoms with E-state index >= 15 is 0 Å². The number of para-hydroxylation sites is 2. The highest BCUT2D eigenvalue weighted by atomic mass is 16.5. The van der Waals surface area contributed by atoms with Crippen LogP contribution < -0.4 is 9.64 Å². The molecule has 244 valence electrons. The van der Waals surface area contributed by atoms with Crippen molar-refractivity contribution in [2.45, 2.75) is 5.41 Å². The molecule has 1 spiro atoms. The average Bonchev–Trinajstić information content (AvgIpc) is 3.72. The summed E-state index contributed by atoms with van der Waals surface area (Å²) in [4.78, 5) is 2.30. The molecule has 9 aromatic rings. The summed E-state index contributed by atoms with van der Waals surface area (Å²) in [6.45, 7) is 0. The molecule has 0 fully saturated rings. The van der Waals surface area contributed by atoms with Gasteiger partial charge in [0, 0.05) is 51.1 Å². The van der Waals surface area contributed by atoms with Crippen LogP contribution in [0, 0.1) is 0 Å². The topological polar surface area (TPSA) is 25.6 Å². The Balaban J connectivity index is 1.13. The van der Waals surface area contributed by atoms with Crippen LogP contribution in [-0.2, 0) is 5.41 Å². The van der Waals surface area contributed by atoms with Gasteiger partial charge in [0.1, 0.15) is 22.7 Å². The van der Waals surface area contributed by atoms with E-state index in [4.69, 9.17) is 9.15 Å². The van der Waals surface area contributed by atoms with E-state index in [0.29, 0.717) is 0 Å². The molecular formula is C49H31NO2. The first-order valence-corrected chi connectivity index (χ1v) is 17.8. The fraction of sp³-hybridized carbons (Fsp3) is 0.0204. The third-order valence-corrected chi connectivity index (χ3v) is 10.9. The smallest absolute Gasteiger partial charge is 0.137 e. The molecule has 0 bridgehead atoms. The Kier molecular flexibility index (Phi) is 6.17. The molecule has 0 atom stereocenters. The fourth-order valence-corrected chi connectivity index (χ4v) is 8.72. The summed E-state index contributed by atoms with van der Waals surface area (Å²) in [5, 5.41) is 2.22. The van der Waals surface area contributed by atoms with Crippen molar-refractivity contribution in [2.24, 2.45) is 0 Å². The van der Waals surface area contributed by atoms with E-state index in [1.54, 1.807) is 0 Å². The van der Waals surface area contributed by atoms with Crippen LogP contribution in [0.5, 0.6) is 11.5 Å². The number of nitrogens with zero attached hydrogens (tertiary/aromatic N) is 1. The number of furan rings is 1. The van der Waals surface area contributed by atoms with Gasteiger partial charge in [-0.3, -0.25) is 0 Å². The predicted molar refractivity (Wildman–Crippen MR) is 211 cm³/mol. The predicted octanol–water partition coefficient (Wildman–Crippen LogP) is 13.2. The lowest BCUT2D eigenvalue weighted by Gasteiger charge is -2.40. The van der Waals surface area contributed by atoms with E-state index in [2.05, 4.69) is 181 Å². The molecule has 0 amide bonds. The van der Waals surface area contributed by atoms with Gasteiger partial charge in [-0.2, -0.15) is 0 Å². The van der Waals surface area contributed by atoms with Crippen molar-refractivity contribution in [1.29, 1.82) is 0 Å². The molecule has 52 heavy (non-hydrogen) atoms. The van der Waals surface area contributed by atoms with Gasteiger partial charge in [-0.15, -0.1) is 0 Å². The van der Waals surface area contributed by atoms with Gasteiger partial charge in [-0.05, 0) is 75.8 Å². The summed E-state index contributed by atoms with van der Waals surface area (Å²) in [6.07, 6.45) is 0. The molecule has 1 aromatic heterocycles. The van der Waals surface area contributed by atoms with Gasteiger partial charge < -0.3 is 14.1 Å². The molecule has 2 heterocycles. The van der Waals surface area contributed by atoms with Crippen molar-refractivity contribution in [3.05, 3.63) is 210 Å². The van der Waals surface area contributed by atoms with Crippen LogP contribution in [0.15, 0.2) is 192 Å². The minimum atomic E-state index is -0.509. The second kappa shape index (κ2) is 11.1. The summed E-state index contributed by atoms with van der Waals surface area (Å²) >= 11 is 0. The summed E-state index contributed by atoms with van der Waals surface area (Å²) in [6, 6.07) is 67.0. The molecule has 8 aromatic carbocycles. The second-order valence-corrected chi connectivity index (χ2v) is 13.6. The lowest BCUT2D eigenvalue weighted by Crippen LogP contribution is -2.32. The van der Waals surface area contributed by atoms with Crippen molar-refractivity contribution in [2.75, 3.05) is 4.90 Å². The maximum atomic E-state index is 6.90. The highest BCUT2D eigenvalue weighted by molar-refractivity contribution is 6.06. The van der Waals surface area contributed by atoms with Crippen LogP contribution in [0.2, 0.25) is 0 Å². The largest absolute Gasteiger partial charge is 0.457 e. The summed E-state index contributed by atoms with van der Waals surface area (Å²) in [5.74, 6) is 1.72. The normalized spacial score (nSPS) is 13.3. The van der Waals surface area contributed by atoms with Gasteiger partial charge in [-0.1, -0.05) is 133 Å². The molecule has 1 aliphatic heterocycles. The average molecular weight is 666 g/mol.